The quantitative estimate of drug-likeness (QED) is 0.0264. The van der Waals surface area contributed by atoms with Crippen LogP contribution in [0, 0.1) is 0 Å². The van der Waals surface area contributed by atoms with Crippen LogP contribution in [0.4, 0.5) is 0 Å². The van der Waals surface area contributed by atoms with E-state index in [1.807, 2.05) is 0 Å². The molecule has 0 aromatic heterocycles. The van der Waals surface area contributed by atoms with Gasteiger partial charge in [0.05, 0.1) is 13.2 Å². The number of rotatable bonds is 72. The van der Waals surface area contributed by atoms with Gasteiger partial charge in [0.1, 0.15) is 6.61 Å². The number of allylic oxidation sites excluding steroid dienone is 16. The van der Waals surface area contributed by atoms with Crippen LogP contribution in [0.25, 0.3) is 0 Å². The summed E-state index contributed by atoms with van der Waals surface area (Å²) in [5, 5.41) is 0. The van der Waals surface area contributed by atoms with Gasteiger partial charge in [-0.3, -0.25) is 18.6 Å². The molecule has 0 aliphatic rings. The molecule has 0 rings (SSSR count). The van der Waals surface area contributed by atoms with Crippen molar-refractivity contribution in [1.29, 1.82) is 0 Å². The lowest BCUT2D eigenvalue weighted by Crippen LogP contribution is -2.29. The zero-order chi connectivity index (χ0) is 65.1. The highest BCUT2D eigenvalue weighted by molar-refractivity contribution is 7.47. The number of hydrogen-bond acceptors (Lipinski definition) is 8. The van der Waals surface area contributed by atoms with Gasteiger partial charge in [0.15, 0.2) is 6.10 Å². The number of carbonyl (C=O) groups is 2. The van der Waals surface area contributed by atoms with Crippen molar-refractivity contribution in [2.45, 2.75) is 373 Å². The lowest BCUT2D eigenvalue weighted by molar-refractivity contribution is -0.161. The number of esters is 2. The molecule has 0 heterocycles. The van der Waals surface area contributed by atoms with Crippen LogP contribution >= 0.6 is 7.82 Å². The highest BCUT2D eigenvalue weighted by Gasteiger charge is 2.26. The molecule has 0 radical (unpaired) electrons. The molecule has 0 saturated carbocycles. The van der Waals surface area contributed by atoms with E-state index >= 15 is 0 Å². The van der Waals surface area contributed by atoms with Gasteiger partial charge in [-0.1, -0.05) is 374 Å². The number of ether oxygens (including phenoxy) is 2. The molecule has 0 spiro atoms. The lowest BCUT2D eigenvalue weighted by Gasteiger charge is -2.19. The smallest absolute Gasteiger partial charge is 0.462 e. The highest BCUT2D eigenvalue weighted by atomic mass is 31.2. The molecule has 0 aliphatic heterocycles. The lowest BCUT2D eigenvalue weighted by atomic mass is 10.0. The van der Waals surface area contributed by atoms with E-state index in [1.165, 1.54) is 244 Å². The van der Waals surface area contributed by atoms with Crippen molar-refractivity contribution in [2.24, 2.45) is 5.73 Å². The summed E-state index contributed by atoms with van der Waals surface area (Å²) < 4.78 is 33.2. The van der Waals surface area contributed by atoms with E-state index in [1.54, 1.807) is 0 Å². The predicted octanol–water partition coefficient (Wildman–Crippen LogP) is 25.5. The van der Waals surface area contributed by atoms with E-state index in [-0.39, 0.29) is 38.6 Å². The molecule has 0 fully saturated rings. The zero-order valence-corrected chi connectivity index (χ0v) is 59.8. The Morgan fingerprint density at radius 2 is 0.611 bits per heavy atom. The number of phosphoric acid groups is 1. The molecule has 2 unspecified atom stereocenters. The highest BCUT2D eigenvalue weighted by Crippen LogP contribution is 2.43. The summed E-state index contributed by atoms with van der Waals surface area (Å²) in [6.07, 6.45) is 102. The average molecular weight is 1280 g/mol. The summed E-state index contributed by atoms with van der Waals surface area (Å²) in [6.45, 7) is 3.69. The Morgan fingerprint density at radius 3 is 0.911 bits per heavy atom. The van der Waals surface area contributed by atoms with Crippen molar-refractivity contribution >= 4 is 19.8 Å². The van der Waals surface area contributed by atoms with Gasteiger partial charge in [0, 0.05) is 19.4 Å². The van der Waals surface area contributed by atoms with E-state index in [2.05, 4.69) is 111 Å². The largest absolute Gasteiger partial charge is 0.472 e. The third kappa shape index (κ3) is 74.0. The summed E-state index contributed by atoms with van der Waals surface area (Å²) in [5.41, 5.74) is 5.41. The van der Waals surface area contributed by atoms with Crippen LogP contribution in [0.5, 0.6) is 0 Å². The van der Waals surface area contributed by atoms with Crippen LogP contribution < -0.4 is 5.73 Å². The van der Waals surface area contributed by atoms with E-state index in [9.17, 15) is 19.0 Å². The van der Waals surface area contributed by atoms with E-state index in [0.717, 1.165) is 89.9 Å². The molecule has 0 saturated heterocycles. The van der Waals surface area contributed by atoms with Gasteiger partial charge in [-0.15, -0.1) is 0 Å². The average Bonchev–Trinajstić information content (AvgIpc) is 3.68. The van der Waals surface area contributed by atoms with Crippen molar-refractivity contribution in [1.82, 2.24) is 0 Å². The Balaban J connectivity index is 3.82. The van der Waals surface area contributed by atoms with E-state index in [4.69, 9.17) is 24.3 Å². The molecule has 0 amide bonds. The number of unbranched alkanes of at least 4 members (excludes halogenated alkanes) is 43. The first kappa shape index (κ1) is 86.9. The first-order valence-electron chi connectivity index (χ1n) is 38.2. The molecule has 522 valence electrons. The number of nitrogens with two attached hydrogens (primary N) is 1. The van der Waals surface area contributed by atoms with Crippen LogP contribution in [-0.4, -0.2) is 49.3 Å². The minimum atomic E-state index is -4.40. The van der Waals surface area contributed by atoms with Crippen molar-refractivity contribution < 1.29 is 37.6 Å². The minimum absolute atomic E-state index is 0.0532. The van der Waals surface area contributed by atoms with Crippen LogP contribution in [0.3, 0.4) is 0 Å². The van der Waals surface area contributed by atoms with Crippen LogP contribution in [-0.2, 0) is 32.7 Å². The topological polar surface area (TPSA) is 134 Å². The first-order valence-corrected chi connectivity index (χ1v) is 39.7. The Morgan fingerprint density at radius 1 is 0.344 bits per heavy atom. The molecule has 2 atom stereocenters. The van der Waals surface area contributed by atoms with Gasteiger partial charge in [0.25, 0.3) is 0 Å². The van der Waals surface area contributed by atoms with Crippen LogP contribution in [0.1, 0.15) is 367 Å². The Bertz CT molecular complexity index is 1800. The van der Waals surface area contributed by atoms with Gasteiger partial charge in [0.2, 0.25) is 0 Å². The molecule has 0 bridgehead atoms. The second-order valence-corrected chi connectivity index (χ2v) is 27.0. The fourth-order valence-electron chi connectivity index (χ4n) is 11.1. The molecular formula is C80H144NO8P. The molecular weight excluding hydrogens is 1130 g/mol. The second kappa shape index (κ2) is 75.0. The van der Waals surface area contributed by atoms with Gasteiger partial charge in [-0.05, 0) is 77.0 Å². The Hall–Kier alpha value is -3.07. The van der Waals surface area contributed by atoms with E-state index in [0.29, 0.717) is 6.42 Å². The molecule has 10 heteroatoms. The molecule has 3 N–H and O–H groups in total. The third-order valence-corrected chi connectivity index (χ3v) is 17.7. The fourth-order valence-corrected chi connectivity index (χ4v) is 11.9. The van der Waals surface area contributed by atoms with Crippen molar-refractivity contribution in [3.05, 3.63) is 97.2 Å². The minimum Gasteiger partial charge on any atom is -0.462 e. The number of carbonyl (C=O) groups excluding carboxylic acids is 2. The SMILES string of the molecule is CC/C=C\C/C=C\C/C=C\C/C=C\C/C=C\C/C=C\C/C=C\C/C=C\CCCCCCCCCCCCCCCCCCC(=O)OC(COC(=O)CCCCCCCCCCCCCCCCCCCCCCCCCCCCCC)COP(=O)(O)OCCN. The maximum Gasteiger partial charge on any atom is 0.472 e. The first-order chi connectivity index (χ1) is 44.3. The molecule has 0 aromatic rings. The summed E-state index contributed by atoms with van der Waals surface area (Å²) in [6, 6.07) is 0. The number of hydrogen-bond donors (Lipinski definition) is 2. The summed E-state index contributed by atoms with van der Waals surface area (Å²) in [5.74, 6) is -0.811. The predicted molar refractivity (Wildman–Crippen MR) is 390 cm³/mol. The molecule has 90 heavy (non-hydrogen) atoms. The molecule has 0 aliphatic carbocycles. The third-order valence-electron chi connectivity index (χ3n) is 16.7. The normalized spacial score (nSPS) is 13.4. The molecule has 0 aromatic carbocycles. The Kier molecular flexibility index (Phi) is 72.4. The van der Waals surface area contributed by atoms with Crippen LogP contribution in [0.2, 0.25) is 0 Å². The standard InChI is InChI=1S/C80H144NO8P/c1-3-5-7-9-11-13-15-17-19-21-23-25-27-29-31-33-34-35-36-37-38-39-40-41-42-43-44-45-47-49-51-53-55-57-59-61-63-65-67-69-71-73-80(83)89-78(77-88-90(84,85)87-75-74-81)76-86-79(82)72-70-68-66-64-62-60-58-56-54-52-50-48-46-32-30-28-26-24-22-20-18-16-14-12-10-8-6-4-2/h5,7,11,13,17,19,23,25,29,31,34-35,37-38,40-41,78H,3-4,6,8-10,12,14-16,18,20-22,24,26-28,30,32-33,36,39,42-77,81H2,1-2H3,(H,84,85)/b7-5-,13-11-,19-17-,25-23-,31-29-,35-34-,38-37-,41-40-. The maximum absolute atomic E-state index is 12.8. The summed E-state index contributed by atoms with van der Waals surface area (Å²) in [4.78, 5) is 35.4. The summed E-state index contributed by atoms with van der Waals surface area (Å²) >= 11 is 0. The van der Waals surface area contributed by atoms with E-state index < -0.39 is 26.5 Å². The van der Waals surface area contributed by atoms with Crippen molar-refractivity contribution in [2.75, 3.05) is 26.4 Å². The van der Waals surface area contributed by atoms with Gasteiger partial charge >= 0.3 is 19.8 Å². The van der Waals surface area contributed by atoms with Gasteiger partial charge < -0.3 is 20.1 Å². The second-order valence-electron chi connectivity index (χ2n) is 25.5. The van der Waals surface area contributed by atoms with Crippen molar-refractivity contribution in [3.8, 4) is 0 Å². The van der Waals surface area contributed by atoms with Crippen LogP contribution in [0.15, 0.2) is 97.2 Å². The fraction of sp³-hybridized carbons (Fsp3) is 0.775. The Labute approximate surface area is 557 Å². The van der Waals surface area contributed by atoms with Gasteiger partial charge in [-0.25, -0.2) is 4.57 Å². The van der Waals surface area contributed by atoms with Crippen molar-refractivity contribution in [3.63, 3.8) is 0 Å². The zero-order valence-electron chi connectivity index (χ0n) is 58.9. The maximum atomic E-state index is 12.8. The van der Waals surface area contributed by atoms with Gasteiger partial charge in [-0.2, -0.15) is 0 Å². The molecule has 9 nitrogen and oxygen atoms in total. The number of phosphoric ester groups is 1. The summed E-state index contributed by atoms with van der Waals surface area (Å²) in [7, 11) is -4.40. The monoisotopic (exact) mass is 1280 g/mol.